The summed E-state index contributed by atoms with van der Waals surface area (Å²) in [5.41, 5.74) is 1.45. The third kappa shape index (κ3) is 3.69. The van der Waals surface area contributed by atoms with Crippen LogP contribution in [0.25, 0.3) is 0 Å². The van der Waals surface area contributed by atoms with E-state index in [4.69, 9.17) is 4.43 Å². The van der Waals surface area contributed by atoms with Gasteiger partial charge in [-0.05, 0) is 18.0 Å². The van der Waals surface area contributed by atoms with Gasteiger partial charge in [0.1, 0.15) is 0 Å². The SMILES string of the molecule is CO[SiH2]CCCc1ccccc1. The first-order valence-electron chi connectivity index (χ1n) is 4.46. The minimum atomic E-state index is -0.194. The van der Waals surface area contributed by atoms with E-state index in [1.807, 2.05) is 7.11 Å². The Morgan fingerprint density at radius 1 is 1.25 bits per heavy atom. The molecule has 0 aliphatic rings. The van der Waals surface area contributed by atoms with Crippen LogP contribution in [0.2, 0.25) is 6.04 Å². The molecule has 1 aromatic rings. The first-order valence-corrected chi connectivity index (χ1v) is 6.04. The fourth-order valence-corrected chi connectivity index (χ4v) is 1.96. The Hall–Kier alpha value is -0.603. The normalized spacial score (nSPS) is 11.1. The molecule has 0 unspecified atom stereocenters. The van der Waals surface area contributed by atoms with Crippen LogP contribution in [0.4, 0.5) is 0 Å². The Morgan fingerprint density at radius 3 is 2.67 bits per heavy atom. The minimum absolute atomic E-state index is 0.194. The summed E-state index contributed by atoms with van der Waals surface area (Å²) in [6, 6.07) is 11.9. The van der Waals surface area contributed by atoms with Gasteiger partial charge in [0.2, 0.25) is 0 Å². The third-order valence-corrected chi connectivity index (χ3v) is 3.10. The molecule has 0 amide bonds. The zero-order valence-electron chi connectivity index (χ0n) is 7.62. The van der Waals surface area contributed by atoms with Crippen LogP contribution in [0, 0.1) is 0 Å². The van der Waals surface area contributed by atoms with E-state index in [0.717, 1.165) is 0 Å². The van der Waals surface area contributed by atoms with E-state index in [2.05, 4.69) is 30.3 Å². The zero-order valence-corrected chi connectivity index (χ0v) is 9.04. The van der Waals surface area contributed by atoms with Gasteiger partial charge in [-0.25, -0.2) is 0 Å². The van der Waals surface area contributed by atoms with Gasteiger partial charge in [-0.1, -0.05) is 36.8 Å². The van der Waals surface area contributed by atoms with Crippen LogP contribution >= 0.6 is 0 Å². The van der Waals surface area contributed by atoms with Crippen molar-refractivity contribution in [2.75, 3.05) is 7.11 Å². The van der Waals surface area contributed by atoms with Crippen LogP contribution < -0.4 is 0 Å². The Labute approximate surface area is 76.7 Å². The number of hydrogen-bond acceptors (Lipinski definition) is 1. The van der Waals surface area contributed by atoms with Gasteiger partial charge in [-0.2, -0.15) is 0 Å². The minimum Gasteiger partial charge on any atom is -0.427 e. The van der Waals surface area contributed by atoms with Crippen molar-refractivity contribution in [3.63, 3.8) is 0 Å². The highest BCUT2D eigenvalue weighted by Crippen LogP contribution is 2.03. The standard InChI is InChI=1S/C10H16OSi/c1-11-12-9-5-8-10-6-3-2-4-7-10/h2-4,6-7H,5,8-9,12H2,1H3. The van der Waals surface area contributed by atoms with E-state index in [1.165, 1.54) is 24.4 Å². The zero-order chi connectivity index (χ0) is 8.65. The van der Waals surface area contributed by atoms with Crippen LogP contribution in [0.5, 0.6) is 0 Å². The lowest BCUT2D eigenvalue weighted by molar-refractivity contribution is 0.439. The Morgan fingerprint density at radius 2 is 2.00 bits per heavy atom. The molecule has 1 rings (SSSR count). The van der Waals surface area contributed by atoms with Gasteiger partial charge in [0, 0.05) is 7.11 Å². The maximum atomic E-state index is 5.12. The van der Waals surface area contributed by atoms with Crippen molar-refractivity contribution in [3.8, 4) is 0 Å². The summed E-state index contributed by atoms with van der Waals surface area (Å²) in [5, 5.41) is 0. The van der Waals surface area contributed by atoms with Crippen molar-refractivity contribution in [3.05, 3.63) is 35.9 Å². The van der Waals surface area contributed by atoms with E-state index in [-0.39, 0.29) is 9.76 Å². The van der Waals surface area contributed by atoms with E-state index < -0.39 is 0 Å². The predicted octanol–water partition coefficient (Wildman–Crippen LogP) is 1.77. The lowest BCUT2D eigenvalue weighted by Crippen LogP contribution is -1.93. The molecular formula is C10H16OSi. The third-order valence-electron chi connectivity index (χ3n) is 1.91. The second-order valence-electron chi connectivity index (χ2n) is 2.94. The van der Waals surface area contributed by atoms with Crippen molar-refractivity contribution in [2.24, 2.45) is 0 Å². The first-order chi connectivity index (χ1) is 5.93. The molecule has 0 aromatic heterocycles. The summed E-state index contributed by atoms with van der Waals surface area (Å²) < 4.78 is 5.12. The van der Waals surface area contributed by atoms with Crippen LogP contribution in [0.1, 0.15) is 12.0 Å². The molecule has 0 heterocycles. The average Bonchev–Trinajstić information content (AvgIpc) is 2.14. The number of aryl methyl sites for hydroxylation is 1. The summed E-state index contributed by atoms with van der Waals surface area (Å²) in [5.74, 6) is 0. The van der Waals surface area contributed by atoms with E-state index >= 15 is 0 Å². The van der Waals surface area contributed by atoms with E-state index in [0.29, 0.717) is 0 Å². The molecule has 0 atom stereocenters. The van der Waals surface area contributed by atoms with Crippen LogP contribution in [-0.2, 0) is 10.8 Å². The molecule has 1 nitrogen and oxygen atoms in total. The highest BCUT2D eigenvalue weighted by atomic mass is 28.2. The molecule has 0 spiro atoms. The topological polar surface area (TPSA) is 9.23 Å². The molecule has 2 heteroatoms. The molecule has 66 valence electrons. The Kier molecular flexibility index (Phi) is 4.72. The summed E-state index contributed by atoms with van der Waals surface area (Å²) >= 11 is 0. The molecule has 12 heavy (non-hydrogen) atoms. The van der Waals surface area contributed by atoms with E-state index in [1.54, 1.807) is 0 Å². The van der Waals surface area contributed by atoms with Gasteiger partial charge in [-0.15, -0.1) is 0 Å². The van der Waals surface area contributed by atoms with Gasteiger partial charge in [0.15, 0.2) is 9.76 Å². The summed E-state index contributed by atoms with van der Waals surface area (Å²) in [6.45, 7) is 0. The van der Waals surface area contributed by atoms with Crippen molar-refractivity contribution in [1.82, 2.24) is 0 Å². The molecule has 0 saturated heterocycles. The van der Waals surface area contributed by atoms with Gasteiger partial charge >= 0.3 is 0 Å². The molecule has 0 radical (unpaired) electrons. The maximum absolute atomic E-state index is 5.12. The molecule has 0 N–H and O–H groups in total. The monoisotopic (exact) mass is 180 g/mol. The largest absolute Gasteiger partial charge is 0.427 e. The van der Waals surface area contributed by atoms with Gasteiger partial charge < -0.3 is 4.43 Å². The molecular weight excluding hydrogens is 164 g/mol. The number of rotatable bonds is 5. The fraction of sp³-hybridized carbons (Fsp3) is 0.400. The molecule has 0 fully saturated rings. The van der Waals surface area contributed by atoms with Crippen LogP contribution in [0.3, 0.4) is 0 Å². The number of hydrogen-bond donors (Lipinski definition) is 0. The first kappa shape index (κ1) is 9.48. The van der Waals surface area contributed by atoms with Crippen molar-refractivity contribution in [2.45, 2.75) is 18.9 Å². The second kappa shape index (κ2) is 5.97. The lowest BCUT2D eigenvalue weighted by atomic mass is 10.1. The second-order valence-corrected chi connectivity index (χ2v) is 4.63. The summed E-state index contributed by atoms with van der Waals surface area (Å²) in [7, 11) is 1.62. The Balaban J connectivity index is 2.16. The van der Waals surface area contributed by atoms with Gasteiger partial charge in [0.05, 0.1) is 0 Å². The van der Waals surface area contributed by atoms with Crippen LogP contribution in [0.15, 0.2) is 30.3 Å². The van der Waals surface area contributed by atoms with E-state index in [9.17, 15) is 0 Å². The summed E-state index contributed by atoms with van der Waals surface area (Å²) in [6.07, 6.45) is 2.49. The average molecular weight is 180 g/mol. The predicted molar refractivity (Wildman–Crippen MR) is 55.1 cm³/mol. The maximum Gasteiger partial charge on any atom is 0.161 e. The number of benzene rings is 1. The van der Waals surface area contributed by atoms with Crippen molar-refractivity contribution >= 4 is 9.76 Å². The van der Waals surface area contributed by atoms with Crippen molar-refractivity contribution < 1.29 is 4.43 Å². The lowest BCUT2D eigenvalue weighted by Gasteiger charge is -1.99. The molecule has 0 saturated carbocycles. The van der Waals surface area contributed by atoms with Gasteiger partial charge in [-0.3, -0.25) is 0 Å². The van der Waals surface area contributed by atoms with Crippen LogP contribution in [-0.4, -0.2) is 16.9 Å². The molecule has 0 aliphatic heterocycles. The summed E-state index contributed by atoms with van der Waals surface area (Å²) in [4.78, 5) is 0. The quantitative estimate of drug-likeness (QED) is 0.496. The van der Waals surface area contributed by atoms with Gasteiger partial charge in [0.25, 0.3) is 0 Å². The highest BCUT2D eigenvalue weighted by molar-refractivity contribution is 6.26. The highest BCUT2D eigenvalue weighted by Gasteiger charge is 1.91. The smallest absolute Gasteiger partial charge is 0.161 e. The molecule has 0 bridgehead atoms. The van der Waals surface area contributed by atoms with Crippen molar-refractivity contribution in [1.29, 1.82) is 0 Å². The molecule has 1 aromatic carbocycles. The fourth-order valence-electron chi connectivity index (χ4n) is 1.22. The Bertz CT molecular complexity index is 198. The molecule has 0 aliphatic carbocycles.